The summed E-state index contributed by atoms with van der Waals surface area (Å²) in [4.78, 5) is 17.7. The molecule has 5 heteroatoms. The van der Waals surface area contributed by atoms with Crippen molar-refractivity contribution in [2.75, 3.05) is 43.1 Å². The standard InChI is InChI=1S/C26H27N3O2/c30-26-23-8-4-5-9-24(23)27-25(29(26)15-14-20-6-2-1-3-7-20)21-10-12-22(13-11-21)28-16-18-31-19-17-28/h1-13,25,27H,14-19H2. The van der Waals surface area contributed by atoms with Crippen molar-refractivity contribution in [2.45, 2.75) is 12.6 Å². The first-order valence-corrected chi connectivity index (χ1v) is 10.9. The van der Waals surface area contributed by atoms with Crippen molar-refractivity contribution < 1.29 is 9.53 Å². The van der Waals surface area contributed by atoms with Gasteiger partial charge in [-0.25, -0.2) is 0 Å². The number of ether oxygens (including phenoxy) is 1. The third-order valence-electron chi connectivity index (χ3n) is 6.09. The van der Waals surface area contributed by atoms with E-state index in [9.17, 15) is 4.79 Å². The van der Waals surface area contributed by atoms with E-state index in [1.807, 2.05) is 47.4 Å². The van der Waals surface area contributed by atoms with Crippen LogP contribution in [-0.4, -0.2) is 43.7 Å². The Hall–Kier alpha value is -3.31. The summed E-state index contributed by atoms with van der Waals surface area (Å²) in [5.74, 6) is 0.0764. The number of anilines is 2. The Balaban J connectivity index is 1.41. The van der Waals surface area contributed by atoms with Gasteiger partial charge in [0.05, 0.1) is 18.8 Å². The van der Waals surface area contributed by atoms with Crippen LogP contribution in [0.2, 0.25) is 0 Å². The summed E-state index contributed by atoms with van der Waals surface area (Å²) in [5, 5.41) is 3.60. The molecule has 0 aliphatic carbocycles. The lowest BCUT2D eigenvalue weighted by Crippen LogP contribution is -2.44. The first kappa shape index (κ1) is 19.6. The van der Waals surface area contributed by atoms with Gasteiger partial charge in [0, 0.05) is 31.0 Å². The summed E-state index contributed by atoms with van der Waals surface area (Å²) < 4.78 is 5.47. The van der Waals surface area contributed by atoms with Crippen LogP contribution in [0.1, 0.15) is 27.7 Å². The third kappa shape index (κ3) is 4.14. The van der Waals surface area contributed by atoms with Crippen LogP contribution >= 0.6 is 0 Å². The zero-order valence-corrected chi connectivity index (χ0v) is 17.5. The Kier molecular flexibility index (Phi) is 5.59. The third-order valence-corrected chi connectivity index (χ3v) is 6.09. The lowest BCUT2D eigenvalue weighted by Gasteiger charge is -2.38. The molecule has 1 unspecified atom stereocenters. The lowest BCUT2D eigenvalue weighted by molar-refractivity contribution is 0.0685. The molecule has 158 valence electrons. The Morgan fingerprint density at radius 1 is 0.871 bits per heavy atom. The topological polar surface area (TPSA) is 44.8 Å². The van der Waals surface area contributed by atoms with Gasteiger partial charge in [-0.1, -0.05) is 54.6 Å². The molecular formula is C26H27N3O2. The van der Waals surface area contributed by atoms with E-state index in [0.717, 1.165) is 49.5 Å². The zero-order chi connectivity index (χ0) is 21.0. The summed E-state index contributed by atoms with van der Waals surface area (Å²) in [6.07, 6.45) is 0.628. The van der Waals surface area contributed by atoms with Crippen LogP contribution in [0.25, 0.3) is 0 Å². The number of morpholine rings is 1. The molecule has 1 amide bonds. The maximum absolute atomic E-state index is 13.4. The molecule has 0 spiro atoms. The molecule has 0 bridgehead atoms. The second-order valence-electron chi connectivity index (χ2n) is 8.02. The van der Waals surface area contributed by atoms with E-state index >= 15 is 0 Å². The van der Waals surface area contributed by atoms with Crippen LogP contribution in [-0.2, 0) is 11.2 Å². The molecule has 5 nitrogen and oxygen atoms in total. The minimum Gasteiger partial charge on any atom is -0.378 e. The second kappa shape index (κ2) is 8.82. The van der Waals surface area contributed by atoms with Gasteiger partial charge in [0.1, 0.15) is 6.17 Å². The van der Waals surface area contributed by atoms with Gasteiger partial charge in [0.25, 0.3) is 5.91 Å². The smallest absolute Gasteiger partial charge is 0.257 e. The number of amides is 1. The van der Waals surface area contributed by atoms with Gasteiger partial charge in [-0.2, -0.15) is 0 Å². The largest absolute Gasteiger partial charge is 0.378 e. The van der Waals surface area contributed by atoms with Crippen molar-refractivity contribution in [1.29, 1.82) is 0 Å². The lowest BCUT2D eigenvalue weighted by atomic mass is 10.0. The Morgan fingerprint density at radius 2 is 1.58 bits per heavy atom. The quantitative estimate of drug-likeness (QED) is 0.676. The molecule has 1 fully saturated rings. The molecule has 0 radical (unpaired) electrons. The van der Waals surface area contributed by atoms with E-state index in [-0.39, 0.29) is 12.1 Å². The zero-order valence-electron chi connectivity index (χ0n) is 17.5. The van der Waals surface area contributed by atoms with E-state index in [4.69, 9.17) is 4.74 Å². The van der Waals surface area contributed by atoms with Crippen molar-refractivity contribution in [2.24, 2.45) is 0 Å². The molecule has 3 aromatic rings. The molecule has 1 atom stereocenters. The SMILES string of the molecule is O=C1c2ccccc2NC(c2ccc(N3CCOCC3)cc2)N1CCc1ccccc1. The number of para-hydroxylation sites is 1. The number of rotatable bonds is 5. The average molecular weight is 414 g/mol. The highest BCUT2D eigenvalue weighted by molar-refractivity contribution is 6.01. The van der Waals surface area contributed by atoms with Crippen molar-refractivity contribution in [3.05, 3.63) is 95.6 Å². The highest BCUT2D eigenvalue weighted by Gasteiger charge is 2.32. The van der Waals surface area contributed by atoms with E-state index in [2.05, 4.69) is 46.6 Å². The van der Waals surface area contributed by atoms with Crippen LogP contribution in [0.5, 0.6) is 0 Å². The first-order valence-electron chi connectivity index (χ1n) is 10.9. The molecule has 0 aromatic heterocycles. The fourth-order valence-corrected chi connectivity index (χ4v) is 4.37. The number of nitrogens with one attached hydrogen (secondary N) is 1. The number of carbonyl (C=O) groups is 1. The highest BCUT2D eigenvalue weighted by Crippen LogP contribution is 2.34. The van der Waals surface area contributed by atoms with Crippen molar-refractivity contribution in [1.82, 2.24) is 4.90 Å². The van der Waals surface area contributed by atoms with E-state index < -0.39 is 0 Å². The minimum atomic E-state index is -0.190. The predicted molar refractivity (Wildman–Crippen MR) is 123 cm³/mol. The Morgan fingerprint density at radius 3 is 2.35 bits per heavy atom. The molecule has 2 heterocycles. The molecule has 31 heavy (non-hydrogen) atoms. The van der Waals surface area contributed by atoms with E-state index in [1.165, 1.54) is 11.3 Å². The molecule has 5 rings (SSSR count). The molecule has 1 N–H and O–H groups in total. The van der Waals surface area contributed by atoms with Crippen molar-refractivity contribution in [3.63, 3.8) is 0 Å². The Bertz CT molecular complexity index is 1030. The first-order chi connectivity index (χ1) is 15.3. The molecule has 2 aliphatic rings. The van der Waals surface area contributed by atoms with Crippen LogP contribution < -0.4 is 10.2 Å². The fraction of sp³-hybridized carbons (Fsp3) is 0.269. The van der Waals surface area contributed by atoms with Gasteiger partial charge in [0.15, 0.2) is 0 Å². The van der Waals surface area contributed by atoms with Gasteiger partial charge in [-0.3, -0.25) is 4.79 Å². The monoisotopic (exact) mass is 413 g/mol. The van der Waals surface area contributed by atoms with Crippen molar-refractivity contribution in [3.8, 4) is 0 Å². The average Bonchev–Trinajstić information content (AvgIpc) is 2.85. The Labute approximate surface area is 183 Å². The predicted octanol–water partition coefficient (Wildman–Crippen LogP) is 4.33. The summed E-state index contributed by atoms with van der Waals surface area (Å²) >= 11 is 0. The number of nitrogens with zero attached hydrogens (tertiary/aromatic N) is 2. The van der Waals surface area contributed by atoms with Gasteiger partial charge in [0.2, 0.25) is 0 Å². The molecule has 3 aromatic carbocycles. The second-order valence-corrected chi connectivity index (χ2v) is 8.02. The van der Waals surface area contributed by atoms with Gasteiger partial charge >= 0.3 is 0 Å². The molecule has 0 saturated carbocycles. The summed E-state index contributed by atoms with van der Waals surface area (Å²) in [5.41, 5.74) is 5.15. The van der Waals surface area contributed by atoms with Gasteiger partial charge < -0.3 is 19.9 Å². The molecular weight excluding hydrogens is 386 g/mol. The van der Waals surface area contributed by atoms with Crippen LogP contribution in [0.15, 0.2) is 78.9 Å². The number of hydrogen-bond donors (Lipinski definition) is 1. The minimum absolute atomic E-state index is 0.0764. The number of hydrogen-bond acceptors (Lipinski definition) is 4. The highest BCUT2D eigenvalue weighted by atomic mass is 16.5. The van der Waals surface area contributed by atoms with Gasteiger partial charge in [-0.15, -0.1) is 0 Å². The van der Waals surface area contributed by atoms with Crippen LogP contribution in [0.4, 0.5) is 11.4 Å². The van der Waals surface area contributed by atoms with E-state index in [0.29, 0.717) is 6.54 Å². The number of fused-ring (bicyclic) bond motifs is 1. The normalized spacial score (nSPS) is 18.5. The van der Waals surface area contributed by atoms with E-state index in [1.54, 1.807) is 0 Å². The number of carbonyl (C=O) groups excluding carboxylic acids is 1. The number of benzene rings is 3. The van der Waals surface area contributed by atoms with Crippen LogP contribution in [0, 0.1) is 0 Å². The van der Waals surface area contributed by atoms with Crippen molar-refractivity contribution >= 4 is 17.3 Å². The maximum atomic E-state index is 13.4. The summed E-state index contributed by atoms with van der Waals surface area (Å²) in [6.45, 7) is 4.02. The summed E-state index contributed by atoms with van der Waals surface area (Å²) in [6, 6.07) is 26.7. The fourth-order valence-electron chi connectivity index (χ4n) is 4.37. The van der Waals surface area contributed by atoms with Gasteiger partial charge in [-0.05, 0) is 41.8 Å². The molecule has 1 saturated heterocycles. The maximum Gasteiger partial charge on any atom is 0.257 e. The summed E-state index contributed by atoms with van der Waals surface area (Å²) in [7, 11) is 0. The molecule has 2 aliphatic heterocycles. The van der Waals surface area contributed by atoms with Crippen LogP contribution in [0.3, 0.4) is 0 Å².